The van der Waals surface area contributed by atoms with Crippen LogP contribution in [0.4, 0.5) is 11.4 Å². The van der Waals surface area contributed by atoms with Crippen LogP contribution in [0, 0.1) is 6.92 Å². The highest BCUT2D eigenvalue weighted by molar-refractivity contribution is 7.80. The van der Waals surface area contributed by atoms with Crippen LogP contribution in [-0.4, -0.2) is 30.1 Å². The maximum Gasteiger partial charge on any atom is 0.257 e. The Bertz CT molecular complexity index is 1150. The minimum atomic E-state index is -0.364. The zero-order valence-electron chi connectivity index (χ0n) is 19.1. The van der Waals surface area contributed by atoms with Gasteiger partial charge in [-0.15, -0.1) is 0 Å². The molecule has 0 aliphatic heterocycles. The highest BCUT2D eigenvalue weighted by Crippen LogP contribution is 2.23. The predicted octanol–water partition coefficient (Wildman–Crippen LogP) is 4.93. The second kappa shape index (κ2) is 12.4. The van der Waals surface area contributed by atoms with Crippen molar-refractivity contribution in [1.82, 2.24) is 5.32 Å². The highest BCUT2D eigenvalue weighted by atomic mass is 32.1. The van der Waals surface area contributed by atoms with Crippen molar-refractivity contribution in [3.05, 3.63) is 83.9 Å². The Labute approximate surface area is 204 Å². The first-order chi connectivity index (χ1) is 16.5. The van der Waals surface area contributed by atoms with Gasteiger partial charge in [0.15, 0.2) is 5.11 Å². The molecule has 3 aromatic rings. The average Bonchev–Trinajstić information content (AvgIpc) is 2.85. The van der Waals surface area contributed by atoms with Gasteiger partial charge in [-0.3, -0.25) is 14.9 Å². The van der Waals surface area contributed by atoms with Gasteiger partial charge in [-0.2, -0.15) is 0 Å². The average molecular weight is 478 g/mol. The fourth-order valence-corrected chi connectivity index (χ4v) is 3.24. The number of para-hydroxylation sites is 1. The van der Waals surface area contributed by atoms with Crippen LogP contribution >= 0.6 is 12.2 Å². The van der Waals surface area contributed by atoms with E-state index in [-0.39, 0.29) is 16.9 Å². The van der Waals surface area contributed by atoms with Crippen molar-refractivity contribution >= 4 is 40.5 Å². The maximum atomic E-state index is 12.7. The summed E-state index contributed by atoms with van der Waals surface area (Å²) >= 11 is 5.31. The van der Waals surface area contributed by atoms with Crippen molar-refractivity contribution in [2.75, 3.05) is 23.8 Å². The first-order valence-electron chi connectivity index (χ1n) is 10.9. The van der Waals surface area contributed by atoms with Gasteiger partial charge in [-0.1, -0.05) is 37.3 Å². The third-order valence-corrected chi connectivity index (χ3v) is 5.07. The van der Waals surface area contributed by atoms with Gasteiger partial charge >= 0.3 is 0 Å². The van der Waals surface area contributed by atoms with E-state index in [1.165, 1.54) is 0 Å². The molecule has 176 valence electrons. The van der Waals surface area contributed by atoms with Gasteiger partial charge in [-0.25, -0.2) is 0 Å². The molecule has 0 saturated carbocycles. The number of benzene rings is 3. The van der Waals surface area contributed by atoms with Crippen molar-refractivity contribution < 1.29 is 19.1 Å². The third kappa shape index (κ3) is 7.31. The van der Waals surface area contributed by atoms with Gasteiger partial charge < -0.3 is 20.1 Å². The van der Waals surface area contributed by atoms with E-state index in [2.05, 4.69) is 16.0 Å². The molecule has 0 heterocycles. The Hall–Kier alpha value is -3.91. The SMILES string of the molecule is CCC(=O)Nc1cccc(NC(=S)NC(=O)c2cccc(OCCOc3ccccc3)c2)c1C. The molecule has 2 amide bonds. The number of ether oxygens (including phenoxy) is 2. The number of carbonyl (C=O) groups is 2. The summed E-state index contributed by atoms with van der Waals surface area (Å²) in [5.41, 5.74) is 2.60. The van der Waals surface area contributed by atoms with Gasteiger partial charge in [0.05, 0.1) is 0 Å². The van der Waals surface area contributed by atoms with Crippen LogP contribution in [0.2, 0.25) is 0 Å². The Morgan fingerprint density at radius 3 is 2.15 bits per heavy atom. The Balaban J connectivity index is 1.53. The van der Waals surface area contributed by atoms with E-state index in [0.29, 0.717) is 42.3 Å². The van der Waals surface area contributed by atoms with Crippen LogP contribution in [0.25, 0.3) is 0 Å². The van der Waals surface area contributed by atoms with Crippen molar-refractivity contribution in [1.29, 1.82) is 0 Å². The number of hydrogen-bond donors (Lipinski definition) is 3. The number of nitrogens with one attached hydrogen (secondary N) is 3. The molecule has 3 N–H and O–H groups in total. The van der Waals surface area contributed by atoms with Crippen LogP contribution in [0.1, 0.15) is 29.3 Å². The van der Waals surface area contributed by atoms with E-state index in [1.54, 1.807) is 37.3 Å². The van der Waals surface area contributed by atoms with Crippen LogP contribution < -0.4 is 25.4 Å². The number of amides is 2. The fourth-order valence-electron chi connectivity index (χ4n) is 3.04. The highest BCUT2D eigenvalue weighted by Gasteiger charge is 2.12. The quantitative estimate of drug-likeness (QED) is 0.299. The van der Waals surface area contributed by atoms with Gasteiger partial charge in [0.25, 0.3) is 5.91 Å². The molecule has 0 radical (unpaired) electrons. The lowest BCUT2D eigenvalue weighted by Crippen LogP contribution is -2.34. The molecule has 0 fully saturated rings. The monoisotopic (exact) mass is 477 g/mol. The molecule has 0 atom stereocenters. The van der Waals surface area contributed by atoms with Crippen LogP contribution in [0.3, 0.4) is 0 Å². The molecule has 3 aromatic carbocycles. The normalized spacial score (nSPS) is 10.2. The van der Waals surface area contributed by atoms with Gasteiger partial charge in [0, 0.05) is 23.4 Å². The number of thiocarbonyl (C=S) groups is 1. The van der Waals surface area contributed by atoms with Gasteiger partial charge in [-0.05, 0) is 67.2 Å². The number of carbonyl (C=O) groups excluding carboxylic acids is 2. The third-order valence-electron chi connectivity index (χ3n) is 4.86. The minimum absolute atomic E-state index is 0.0788. The largest absolute Gasteiger partial charge is 0.490 e. The van der Waals surface area contributed by atoms with E-state index >= 15 is 0 Å². The molecule has 3 rings (SSSR count). The van der Waals surface area contributed by atoms with Crippen molar-refractivity contribution in [2.45, 2.75) is 20.3 Å². The van der Waals surface area contributed by atoms with E-state index in [4.69, 9.17) is 21.7 Å². The summed E-state index contributed by atoms with van der Waals surface area (Å²) in [6, 6.07) is 21.7. The molecule has 0 aliphatic rings. The second-order valence-electron chi connectivity index (χ2n) is 7.33. The predicted molar refractivity (Wildman–Crippen MR) is 138 cm³/mol. The molecule has 34 heavy (non-hydrogen) atoms. The van der Waals surface area contributed by atoms with E-state index < -0.39 is 0 Å². The summed E-state index contributed by atoms with van der Waals surface area (Å²) in [7, 11) is 0. The molecule has 8 heteroatoms. The Morgan fingerprint density at radius 1 is 0.824 bits per heavy atom. The maximum absolute atomic E-state index is 12.7. The number of hydrogen-bond acceptors (Lipinski definition) is 5. The summed E-state index contributed by atoms with van der Waals surface area (Å²) in [4.78, 5) is 24.4. The van der Waals surface area contributed by atoms with Crippen LogP contribution in [0.5, 0.6) is 11.5 Å². The van der Waals surface area contributed by atoms with Gasteiger partial charge in [0.2, 0.25) is 5.91 Å². The molecular formula is C26H27N3O4S. The minimum Gasteiger partial charge on any atom is -0.490 e. The van der Waals surface area contributed by atoms with E-state index in [0.717, 1.165) is 11.3 Å². The molecule has 0 aliphatic carbocycles. The second-order valence-corrected chi connectivity index (χ2v) is 7.73. The molecule has 0 unspecified atom stereocenters. The summed E-state index contributed by atoms with van der Waals surface area (Å²) in [6.07, 6.45) is 0.383. The summed E-state index contributed by atoms with van der Waals surface area (Å²) in [5.74, 6) is 0.883. The first-order valence-corrected chi connectivity index (χ1v) is 11.3. The summed E-state index contributed by atoms with van der Waals surface area (Å²) in [6.45, 7) is 4.37. The molecular weight excluding hydrogens is 450 g/mol. The Kier molecular flexibility index (Phi) is 8.99. The molecule has 0 spiro atoms. The summed E-state index contributed by atoms with van der Waals surface area (Å²) < 4.78 is 11.3. The standard InChI is InChI=1S/C26H27N3O4S/c1-3-24(30)27-22-13-8-14-23(18(22)2)28-26(34)29-25(31)19-9-7-12-21(17-19)33-16-15-32-20-10-5-4-6-11-20/h4-14,17H,3,15-16H2,1-2H3,(H,27,30)(H2,28,29,31,34). The van der Waals surface area contributed by atoms with Crippen molar-refractivity contribution in [3.63, 3.8) is 0 Å². The van der Waals surface area contributed by atoms with Gasteiger partial charge in [0.1, 0.15) is 24.7 Å². The van der Waals surface area contributed by atoms with Crippen molar-refractivity contribution in [2.24, 2.45) is 0 Å². The summed E-state index contributed by atoms with van der Waals surface area (Å²) in [5, 5.41) is 8.68. The topological polar surface area (TPSA) is 88.7 Å². The van der Waals surface area contributed by atoms with Crippen LogP contribution in [0.15, 0.2) is 72.8 Å². The lowest BCUT2D eigenvalue weighted by atomic mass is 10.1. The smallest absolute Gasteiger partial charge is 0.257 e. The fraction of sp³-hybridized carbons (Fsp3) is 0.192. The zero-order valence-corrected chi connectivity index (χ0v) is 19.9. The Morgan fingerprint density at radius 2 is 1.44 bits per heavy atom. The van der Waals surface area contributed by atoms with Crippen LogP contribution in [-0.2, 0) is 4.79 Å². The number of anilines is 2. The van der Waals surface area contributed by atoms with Crippen molar-refractivity contribution in [3.8, 4) is 11.5 Å². The zero-order chi connectivity index (χ0) is 24.3. The molecule has 0 bridgehead atoms. The first kappa shape index (κ1) is 24.7. The molecule has 0 saturated heterocycles. The van der Waals surface area contributed by atoms with E-state index in [1.807, 2.05) is 49.4 Å². The lowest BCUT2D eigenvalue weighted by Gasteiger charge is -2.15. The lowest BCUT2D eigenvalue weighted by molar-refractivity contribution is -0.115. The molecule has 0 aromatic heterocycles. The molecule has 7 nitrogen and oxygen atoms in total. The number of rotatable bonds is 9. The van der Waals surface area contributed by atoms with E-state index in [9.17, 15) is 9.59 Å².